The van der Waals surface area contributed by atoms with Gasteiger partial charge in [0.05, 0.1) is 12.3 Å². The second kappa shape index (κ2) is 19.4. The van der Waals surface area contributed by atoms with Crippen molar-refractivity contribution in [2.75, 3.05) is 36.8 Å². The lowest BCUT2D eigenvalue weighted by Gasteiger charge is -2.28. The molecule has 0 saturated heterocycles. The van der Waals surface area contributed by atoms with Gasteiger partial charge in [-0.25, -0.2) is 0 Å². The maximum absolute atomic E-state index is 3.59. The highest BCUT2D eigenvalue weighted by Gasteiger charge is 2.10. The van der Waals surface area contributed by atoms with Gasteiger partial charge in [0.15, 0.2) is 0 Å². The molecule has 0 radical (unpaired) electrons. The number of nitrogens with zero attached hydrogens (tertiary/aromatic N) is 2. The van der Waals surface area contributed by atoms with Gasteiger partial charge in [0.2, 0.25) is 0 Å². The van der Waals surface area contributed by atoms with Crippen LogP contribution in [0.25, 0.3) is 0 Å². The van der Waals surface area contributed by atoms with Gasteiger partial charge in [-0.15, -0.1) is 49.6 Å². The van der Waals surface area contributed by atoms with Gasteiger partial charge in [-0.1, -0.05) is 52.0 Å². The Hall–Kier alpha value is -0.880. The highest BCUT2D eigenvalue weighted by molar-refractivity contribution is 5.86. The molecule has 0 bridgehead atoms. The van der Waals surface area contributed by atoms with Gasteiger partial charge < -0.3 is 10.6 Å². The second-order valence-corrected chi connectivity index (χ2v) is 7.65. The second-order valence-electron chi connectivity index (χ2n) is 7.65. The molecule has 8 heteroatoms. The molecule has 0 aliphatic carbocycles. The van der Waals surface area contributed by atoms with Crippen LogP contribution in [0.15, 0.2) is 48.5 Å². The molecule has 4 nitrogen and oxygen atoms in total. The molecule has 2 N–H and O–H groups in total. The van der Waals surface area contributed by atoms with E-state index in [-0.39, 0.29) is 49.6 Å². The highest BCUT2D eigenvalue weighted by Crippen LogP contribution is 2.18. The van der Waals surface area contributed by atoms with E-state index >= 15 is 0 Å². The molecule has 0 heterocycles. The highest BCUT2D eigenvalue weighted by atomic mass is 35.5. The third kappa shape index (κ3) is 11.9. The third-order valence-corrected chi connectivity index (χ3v) is 5.79. The minimum absolute atomic E-state index is 0. The Balaban J connectivity index is -0.00000225. The maximum atomic E-state index is 3.59. The Morgan fingerprint density at radius 3 is 1.06 bits per heavy atom. The van der Waals surface area contributed by atoms with Crippen LogP contribution in [-0.4, -0.2) is 48.3 Å². The van der Waals surface area contributed by atoms with E-state index in [2.05, 4.69) is 111 Å². The average molecular weight is 542 g/mol. The third-order valence-electron chi connectivity index (χ3n) is 5.79. The Kier molecular flexibility index (Phi) is 21.6. The normalized spacial score (nSPS) is 11.9. The number of benzene rings is 2. The molecule has 0 aromatic heterocycles. The SMILES string of the molecule is CCN(CC)C(C)Nc1ccc(Cc2ccc(NC(C)N(CC)CC)cc2)cc1.Cl.Cl.Cl.Cl. The maximum Gasteiger partial charge on any atom is 0.0764 e. The van der Waals surface area contributed by atoms with Crippen molar-refractivity contribution in [2.45, 2.75) is 60.3 Å². The fraction of sp³-hybridized carbons (Fsp3) is 0.520. The van der Waals surface area contributed by atoms with Gasteiger partial charge in [-0.3, -0.25) is 9.80 Å². The standard InChI is InChI=1S/C25H40N4.4ClH/c1-7-28(8-2)20(5)26-24-15-11-22(12-16-24)19-23-13-17-25(18-14-23)27-21(6)29(9-3)10-4;;;;/h11-18,20-21,26-27H,7-10,19H2,1-6H3;4*1H. The van der Waals surface area contributed by atoms with Crippen LogP contribution in [0.4, 0.5) is 11.4 Å². The molecule has 2 rings (SSSR count). The molecule has 2 aromatic rings. The lowest BCUT2D eigenvalue weighted by atomic mass is 10.0. The summed E-state index contributed by atoms with van der Waals surface area (Å²) in [4.78, 5) is 4.81. The van der Waals surface area contributed by atoms with Crippen molar-refractivity contribution in [2.24, 2.45) is 0 Å². The van der Waals surface area contributed by atoms with Gasteiger partial charge in [-0.05, 0) is 81.8 Å². The monoisotopic (exact) mass is 540 g/mol. The first-order valence-electron chi connectivity index (χ1n) is 11.2. The summed E-state index contributed by atoms with van der Waals surface area (Å²) in [5.74, 6) is 0. The van der Waals surface area contributed by atoms with Gasteiger partial charge >= 0.3 is 0 Å². The first kappa shape index (κ1) is 36.7. The van der Waals surface area contributed by atoms with Crippen LogP contribution >= 0.6 is 49.6 Å². The van der Waals surface area contributed by atoms with Crippen LogP contribution in [0.1, 0.15) is 52.7 Å². The van der Waals surface area contributed by atoms with E-state index in [1.165, 1.54) is 22.5 Å². The van der Waals surface area contributed by atoms with E-state index in [9.17, 15) is 0 Å². The summed E-state index contributed by atoms with van der Waals surface area (Å²) >= 11 is 0. The Morgan fingerprint density at radius 2 is 0.818 bits per heavy atom. The van der Waals surface area contributed by atoms with Crippen molar-refractivity contribution in [1.29, 1.82) is 0 Å². The molecule has 2 atom stereocenters. The zero-order valence-corrected chi connectivity index (χ0v) is 24.1. The molecule has 0 saturated carbocycles. The van der Waals surface area contributed by atoms with Gasteiger partial charge in [-0.2, -0.15) is 0 Å². The summed E-state index contributed by atoms with van der Waals surface area (Å²) in [5.41, 5.74) is 5.03. The minimum Gasteiger partial charge on any atom is -0.370 e. The van der Waals surface area contributed by atoms with Crippen molar-refractivity contribution in [1.82, 2.24) is 9.80 Å². The van der Waals surface area contributed by atoms with Gasteiger partial charge in [0.1, 0.15) is 0 Å². The van der Waals surface area contributed by atoms with Crippen LogP contribution in [0.2, 0.25) is 0 Å². The molecule has 2 unspecified atom stereocenters. The topological polar surface area (TPSA) is 30.5 Å². The number of nitrogens with one attached hydrogen (secondary N) is 2. The fourth-order valence-electron chi connectivity index (χ4n) is 3.88. The van der Waals surface area contributed by atoms with E-state index in [1.807, 2.05) is 0 Å². The molecule has 2 aromatic carbocycles. The van der Waals surface area contributed by atoms with Crippen molar-refractivity contribution < 1.29 is 0 Å². The van der Waals surface area contributed by atoms with E-state index < -0.39 is 0 Å². The first-order valence-corrected chi connectivity index (χ1v) is 11.2. The van der Waals surface area contributed by atoms with E-state index in [4.69, 9.17) is 0 Å². The summed E-state index contributed by atoms with van der Waals surface area (Å²) in [7, 11) is 0. The predicted molar refractivity (Wildman–Crippen MR) is 157 cm³/mol. The molecule has 0 amide bonds. The van der Waals surface area contributed by atoms with Crippen LogP contribution in [0.3, 0.4) is 0 Å². The molecular formula is C25H44Cl4N4. The number of hydrogen-bond acceptors (Lipinski definition) is 4. The molecule has 0 aliphatic heterocycles. The van der Waals surface area contributed by atoms with Crippen LogP contribution in [0.5, 0.6) is 0 Å². The molecule has 0 spiro atoms. The summed E-state index contributed by atoms with van der Waals surface area (Å²) in [6.45, 7) is 17.5. The first-order chi connectivity index (χ1) is 14.0. The zero-order valence-electron chi connectivity index (χ0n) is 20.8. The Morgan fingerprint density at radius 1 is 0.545 bits per heavy atom. The molecule has 0 aliphatic rings. The van der Waals surface area contributed by atoms with Gasteiger partial charge in [0.25, 0.3) is 0 Å². The molecule has 33 heavy (non-hydrogen) atoms. The number of anilines is 2. The van der Waals surface area contributed by atoms with Crippen LogP contribution in [0, 0.1) is 0 Å². The number of hydrogen-bond donors (Lipinski definition) is 2. The van der Waals surface area contributed by atoms with E-state index in [0.717, 1.165) is 32.6 Å². The molecular weight excluding hydrogens is 498 g/mol. The lowest BCUT2D eigenvalue weighted by Crippen LogP contribution is -2.38. The summed E-state index contributed by atoms with van der Waals surface area (Å²) < 4.78 is 0. The Bertz CT molecular complexity index is 644. The van der Waals surface area contributed by atoms with Crippen molar-refractivity contribution in [3.05, 3.63) is 59.7 Å². The zero-order chi connectivity index (χ0) is 21.2. The average Bonchev–Trinajstić information content (AvgIpc) is 2.73. The number of rotatable bonds is 12. The predicted octanol–water partition coefficient (Wildman–Crippen LogP) is 7.16. The number of halogens is 4. The van der Waals surface area contributed by atoms with Crippen molar-refractivity contribution >= 4 is 61.0 Å². The minimum atomic E-state index is 0. The fourth-order valence-corrected chi connectivity index (χ4v) is 3.88. The van der Waals surface area contributed by atoms with Crippen molar-refractivity contribution in [3.8, 4) is 0 Å². The van der Waals surface area contributed by atoms with Gasteiger partial charge in [0, 0.05) is 11.4 Å². The summed E-state index contributed by atoms with van der Waals surface area (Å²) in [6, 6.07) is 17.7. The van der Waals surface area contributed by atoms with Crippen molar-refractivity contribution in [3.63, 3.8) is 0 Å². The lowest BCUT2D eigenvalue weighted by molar-refractivity contribution is 0.253. The quantitative estimate of drug-likeness (QED) is 0.279. The Labute approximate surface area is 226 Å². The summed E-state index contributed by atoms with van der Waals surface area (Å²) in [6.07, 6.45) is 1.64. The smallest absolute Gasteiger partial charge is 0.0764 e. The molecule has 0 fully saturated rings. The van der Waals surface area contributed by atoms with E-state index in [1.54, 1.807) is 0 Å². The van der Waals surface area contributed by atoms with E-state index in [0.29, 0.717) is 12.3 Å². The summed E-state index contributed by atoms with van der Waals surface area (Å²) in [5, 5.41) is 7.19. The molecule has 192 valence electrons. The largest absolute Gasteiger partial charge is 0.370 e. The van der Waals surface area contributed by atoms with Crippen LogP contribution < -0.4 is 10.6 Å². The van der Waals surface area contributed by atoms with Crippen LogP contribution in [-0.2, 0) is 6.42 Å².